The fourth-order valence-corrected chi connectivity index (χ4v) is 3.55. The zero-order chi connectivity index (χ0) is 25.7. The number of alkyl carbamates (subject to hydrolysis) is 1. The molecule has 0 aromatic heterocycles. The number of para-hydroxylation sites is 1. The topological polar surface area (TPSA) is 108 Å². The summed E-state index contributed by atoms with van der Waals surface area (Å²) in [7, 11) is 0. The summed E-state index contributed by atoms with van der Waals surface area (Å²) in [6, 6.07) is 4.61. The van der Waals surface area contributed by atoms with Gasteiger partial charge in [0.25, 0.3) is 0 Å². The summed E-state index contributed by atoms with van der Waals surface area (Å²) < 4.78 is 5.28. The van der Waals surface area contributed by atoms with E-state index in [1.54, 1.807) is 45.9 Å². The summed E-state index contributed by atoms with van der Waals surface area (Å²) in [4.78, 5) is 40.6. The Hall–Kier alpha value is -2.77. The van der Waals surface area contributed by atoms with Crippen LogP contribution < -0.4 is 10.6 Å². The average Bonchev–Trinajstić information content (AvgIpc) is 2.75. The maximum atomic E-state index is 13.5. The van der Waals surface area contributed by atoms with Crippen LogP contribution in [0.4, 0.5) is 4.79 Å². The number of phenolic OH excluding ortho intramolecular Hbond substituents is 1. The normalized spacial score (nSPS) is 13.0. The number of nitrogens with one attached hydrogen (secondary N) is 2. The van der Waals surface area contributed by atoms with Gasteiger partial charge in [0.05, 0.1) is 0 Å². The number of phenols is 1. The van der Waals surface area contributed by atoms with Gasteiger partial charge in [0.1, 0.15) is 23.4 Å². The molecule has 0 spiro atoms. The number of carbonyl (C=O) groups is 3. The van der Waals surface area contributed by atoms with E-state index in [2.05, 4.69) is 24.5 Å². The minimum absolute atomic E-state index is 0.0581. The number of hydrogen-bond donors (Lipinski definition) is 3. The molecule has 3 N–H and O–H groups in total. The van der Waals surface area contributed by atoms with Gasteiger partial charge >= 0.3 is 6.09 Å². The number of amides is 3. The van der Waals surface area contributed by atoms with Gasteiger partial charge in [0.15, 0.2) is 0 Å². The highest BCUT2D eigenvalue weighted by molar-refractivity contribution is 5.92. The van der Waals surface area contributed by atoms with E-state index in [0.29, 0.717) is 25.1 Å². The number of benzene rings is 1. The van der Waals surface area contributed by atoms with Crippen molar-refractivity contribution in [3.63, 3.8) is 0 Å². The molecule has 0 heterocycles. The molecule has 8 heteroatoms. The molecule has 0 aliphatic heterocycles. The lowest BCUT2D eigenvalue weighted by Gasteiger charge is -2.34. The molecule has 0 saturated carbocycles. The predicted octanol–water partition coefficient (Wildman–Crippen LogP) is 4.67. The van der Waals surface area contributed by atoms with Crippen LogP contribution in [0.15, 0.2) is 24.3 Å². The third kappa shape index (κ3) is 10.0. The molecule has 0 radical (unpaired) electrons. The number of carbonyl (C=O) groups excluding carboxylic acids is 3. The number of unbranched alkanes of at least 4 members (excludes halogenated alkanes) is 4. The standard InChI is InChI=1S/C26H43N3O5/c1-7-9-13-17-27-23(31)22(20-15-11-12-16-21(20)30)29(18-14-10-8-2)24(32)19(3)28-25(33)34-26(4,5)6/h11-12,15-16,19,22,30H,7-10,13-14,17-18H2,1-6H3,(H,27,31)(H,28,33). The highest BCUT2D eigenvalue weighted by Gasteiger charge is 2.35. The molecule has 34 heavy (non-hydrogen) atoms. The molecule has 0 bridgehead atoms. The van der Waals surface area contributed by atoms with E-state index < -0.39 is 29.7 Å². The maximum absolute atomic E-state index is 13.5. The molecule has 0 fully saturated rings. The quantitative estimate of drug-likeness (QED) is 0.358. The van der Waals surface area contributed by atoms with Gasteiger partial charge in [-0.15, -0.1) is 0 Å². The van der Waals surface area contributed by atoms with Crippen molar-refractivity contribution < 1.29 is 24.2 Å². The molecular formula is C26H43N3O5. The number of hydrogen-bond acceptors (Lipinski definition) is 5. The van der Waals surface area contributed by atoms with E-state index >= 15 is 0 Å². The van der Waals surface area contributed by atoms with Gasteiger partial charge in [-0.05, 0) is 46.6 Å². The number of aromatic hydroxyl groups is 1. The zero-order valence-corrected chi connectivity index (χ0v) is 21.6. The van der Waals surface area contributed by atoms with Crippen molar-refractivity contribution in [2.75, 3.05) is 13.1 Å². The molecule has 1 rings (SSSR count). The van der Waals surface area contributed by atoms with Crippen molar-refractivity contribution in [1.29, 1.82) is 0 Å². The first kappa shape index (κ1) is 29.3. The van der Waals surface area contributed by atoms with Crippen LogP contribution in [0.3, 0.4) is 0 Å². The van der Waals surface area contributed by atoms with Crippen molar-refractivity contribution in [2.45, 2.75) is 97.8 Å². The highest BCUT2D eigenvalue weighted by Crippen LogP contribution is 2.30. The fourth-order valence-electron chi connectivity index (χ4n) is 3.55. The molecule has 0 aliphatic rings. The van der Waals surface area contributed by atoms with Crippen molar-refractivity contribution in [2.24, 2.45) is 0 Å². The van der Waals surface area contributed by atoms with Crippen molar-refractivity contribution >= 4 is 17.9 Å². The first-order valence-electron chi connectivity index (χ1n) is 12.4. The number of nitrogens with zero attached hydrogens (tertiary/aromatic N) is 1. The van der Waals surface area contributed by atoms with Gasteiger partial charge in [-0.3, -0.25) is 9.59 Å². The van der Waals surface area contributed by atoms with Crippen LogP contribution in [0.2, 0.25) is 0 Å². The first-order valence-corrected chi connectivity index (χ1v) is 12.4. The lowest BCUT2D eigenvalue weighted by Crippen LogP contribution is -2.52. The Balaban J connectivity index is 3.24. The van der Waals surface area contributed by atoms with E-state index in [1.807, 2.05) is 0 Å². The van der Waals surface area contributed by atoms with E-state index in [4.69, 9.17) is 4.74 Å². The summed E-state index contributed by atoms with van der Waals surface area (Å²) in [6.07, 6.45) is 4.64. The summed E-state index contributed by atoms with van der Waals surface area (Å²) >= 11 is 0. The Morgan fingerprint density at radius 3 is 2.24 bits per heavy atom. The third-order valence-electron chi connectivity index (χ3n) is 5.26. The Morgan fingerprint density at radius 2 is 1.65 bits per heavy atom. The van der Waals surface area contributed by atoms with Crippen LogP contribution in [-0.2, 0) is 14.3 Å². The van der Waals surface area contributed by atoms with Gasteiger partial charge in [0.2, 0.25) is 11.8 Å². The van der Waals surface area contributed by atoms with Crippen molar-refractivity contribution in [1.82, 2.24) is 15.5 Å². The molecule has 0 saturated heterocycles. The summed E-state index contributed by atoms with van der Waals surface area (Å²) in [5.41, 5.74) is -0.352. The van der Waals surface area contributed by atoms with Crippen LogP contribution >= 0.6 is 0 Å². The van der Waals surface area contributed by atoms with Gasteiger partial charge < -0.3 is 25.4 Å². The van der Waals surface area contributed by atoms with E-state index in [9.17, 15) is 19.5 Å². The van der Waals surface area contributed by atoms with Crippen molar-refractivity contribution in [3.8, 4) is 5.75 Å². The molecule has 1 aromatic rings. The zero-order valence-electron chi connectivity index (χ0n) is 21.6. The SMILES string of the molecule is CCCCCNC(=O)C(c1ccccc1O)N(CCCCC)C(=O)C(C)NC(=O)OC(C)(C)C. The first-order chi connectivity index (χ1) is 16.0. The second-order valence-electron chi connectivity index (χ2n) is 9.57. The van der Waals surface area contributed by atoms with E-state index in [0.717, 1.165) is 32.1 Å². The van der Waals surface area contributed by atoms with Crippen LogP contribution in [0, 0.1) is 0 Å². The smallest absolute Gasteiger partial charge is 0.408 e. The molecule has 192 valence electrons. The minimum atomic E-state index is -1.02. The molecular weight excluding hydrogens is 434 g/mol. The van der Waals surface area contributed by atoms with Crippen LogP contribution in [-0.4, -0.2) is 52.6 Å². The lowest BCUT2D eigenvalue weighted by atomic mass is 10.0. The van der Waals surface area contributed by atoms with E-state index in [1.165, 1.54) is 11.0 Å². The lowest BCUT2D eigenvalue weighted by molar-refractivity contribution is -0.142. The number of rotatable bonds is 13. The van der Waals surface area contributed by atoms with Crippen LogP contribution in [0.1, 0.15) is 91.7 Å². The Labute approximate surface area is 204 Å². The number of ether oxygens (including phenoxy) is 1. The monoisotopic (exact) mass is 477 g/mol. The molecule has 3 amide bonds. The van der Waals surface area contributed by atoms with Gasteiger partial charge in [0, 0.05) is 18.7 Å². The average molecular weight is 478 g/mol. The highest BCUT2D eigenvalue weighted by atomic mass is 16.6. The Morgan fingerprint density at radius 1 is 1.03 bits per heavy atom. The Bertz CT molecular complexity index is 791. The van der Waals surface area contributed by atoms with Crippen molar-refractivity contribution in [3.05, 3.63) is 29.8 Å². The van der Waals surface area contributed by atoms with Gasteiger partial charge in [-0.1, -0.05) is 57.7 Å². The maximum Gasteiger partial charge on any atom is 0.408 e. The van der Waals surface area contributed by atoms with Crippen LogP contribution in [0.5, 0.6) is 5.75 Å². The fraction of sp³-hybridized carbons (Fsp3) is 0.654. The molecule has 0 aliphatic carbocycles. The van der Waals surface area contributed by atoms with E-state index in [-0.39, 0.29) is 11.7 Å². The molecule has 2 unspecified atom stereocenters. The molecule has 2 atom stereocenters. The van der Waals surface area contributed by atoms with Gasteiger partial charge in [-0.2, -0.15) is 0 Å². The molecule has 1 aromatic carbocycles. The summed E-state index contributed by atoms with van der Waals surface area (Å²) in [5, 5.41) is 16.0. The second-order valence-corrected chi connectivity index (χ2v) is 9.57. The predicted molar refractivity (Wildman–Crippen MR) is 133 cm³/mol. The second kappa shape index (κ2) is 14.5. The largest absolute Gasteiger partial charge is 0.508 e. The molecule has 8 nitrogen and oxygen atoms in total. The minimum Gasteiger partial charge on any atom is -0.508 e. The Kier molecular flexibility index (Phi) is 12.5. The third-order valence-corrected chi connectivity index (χ3v) is 5.26. The van der Waals surface area contributed by atoms with Gasteiger partial charge in [-0.25, -0.2) is 4.79 Å². The summed E-state index contributed by atoms with van der Waals surface area (Å²) in [6.45, 7) is 11.7. The summed E-state index contributed by atoms with van der Waals surface area (Å²) in [5.74, 6) is -0.830. The van der Waals surface area contributed by atoms with Crippen LogP contribution in [0.25, 0.3) is 0 Å².